The van der Waals surface area contributed by atoms with E-state index < -0.39 is 0 Å². The Morgan fingerprint density at radius 2 is 2.10 bits per heavy atom. The van der Waals surface area contributed by atoms with Gasteiger partial charge in [-0.3, -0.25) is 9.48 Å². The van der Waals surface area contributed by atoms with Gasteiger partial charge in [0.2, 0.25) is 5.91 Å². The Labute approximate surface area is 124 Å². The third-order valence-electron chi connectivity index (χ3n) is 3.12. The lowest BCUT2D eigenvalue weighted by molar-refractivity contribution is -0.119. The molecule has 0 spiro atoms. The molecule has 110 valence electrons. The van der Waals surface area contributed by atoms with Gasteiger partial charge < -0.3 is 11.1 Å². The van der Waals surface area contributed by atoms with Gasteiger partial charge in [0.25, 0.3) is 0 Å². The van der Waals surface area contributed by atoms with Crippen molar-refractivity contribution >= 4 is 34.9 Å². The van der Waals surface area contributed by atoms with Gasteiger partial charge in [-0.15, -0.1) is 12.4 Å². The molecule has 6 heteroatoms. The van der Waals surface area contributed by atoms with Crippen LogP contribution in [0.15, 0.2) is 24.4 Å². The summed E-state index contributed by atoms with van der Waals surface area (Å²) in [5.41, 5.74) is 7.19. The molecule has 0 radical (unpaired) electrons. The highest BCUT2D eigenvalue weighted by Gasteiger charge is 2.11. The number of amides is 1. The molecule has 1 amide bonds. The first-order valence-corrected chi connectivity index (χ1v) is 6.51. The molecule has 3 N–H and O–H groups in total. The molecule has 5 nitrogen and oxygen atoms in total. The van der Waals surface area contributed by atoms with E-state index in [1.54, 1.807) is 0 Å². The Morgan fingerprint density at radius 3 is 2.70 bits per heavy atom. The zero-order valence-corrected chi connectivity index (χ0v) is 12.8. The quantitative estimate of drug-likeness (QED) is 0.911. The van der Waals surface area contributed by atoms with Crippen LogP contribution in [0.3, 0.4) is 0 Å². The van der Waals surface area contributed by atoms with E-state index in [0.717, 1.165) is 16.6 Å². The Kier molecular flexibility index (Phi) is 5.53. The number of carbonyl (C=O) groups excluding carboxylic acids is 1. The van der Waals surface area contributed by atoms with Crippen LogP contribution in [0.1, 0.15) is 26.8 Å². The van der Waals surface area contributed by atoms with Gasteiger partial charge in [-0.25, -0.2) is 0 Å². The van der Waals surface area contributed by atoms with E-state index >= 15 is 0 Å². The molecule has 1 atom stereocenters. The molecule has 1 heterocycles. The maximum atomic E-state index is 11.8. The van der Waals surface area contributed by atoms with Crippen LogP contribution in [-0.2, 0) is 4.79 Å². The minimum Gasteiger partial charge on any atom is -0.330 e. The van der Waals surface area contributed by atoms with E-state index in [9.17, 15) is 4.79 Å². The van der Waals surface area contributed by atoms with Crippen LogP contribution in [0.4, 0.5) is 5.69 Å². The number of benzene rings is 1. The molecule has 1 aromatic heterocycles. The number of halogens is 1. The zero-order chi connectivity index (χ0) is 14.0. The predicted molar refractivity (Wildman–Crippen MR) is 84.2 cm³/mol. The number of hydrogen-bond donors (Lipinski definition) is 2. The van der Waals surface area contributed by atoms with Gasteiger partial charge in [0.05, 0.1) is 5.52 Å². The summed E-state index contributed by atoms with van der Waals surface area (Å²) in [7, 11) is 0. The lowest BCUT2D eigenvalue weighted by Gasteiger charge is -2.09. The van der Waals surface area contributed by atoms with Crippen LogP contribution in [0.25, 0.3) is 10.9 Å². The molecule has 0 aliphatic carbocycles. The van der Waals surface area contributed by atoms with Crippen LogP contribution < -0.4 is 11.1 Å². The number of hydrogen-bond acceptors (Lipinski definition) is 3. The summed E-state index contributed by atoms with van der Waals surface area (Å²) >= 11 is 0. The van der Waals surface area contributed by atoms with Crippen molar-refractivity contribution in [3.05, 3.63) is 24.4 Å². The monoisotopic (exact) mass is 296 g/mol. The Balaban J connectivity index is 0.00000200. The van der Waals surface area contributed by atoms with Gasteiger partial charge in [0.15, 0.2) is 0 Å². The minimum atomic E-state index is -0.186. The second-order valence-electron chi connectivity index (χ2n) is 5.10. The average Bonchev–Trinajstić information content (AvgIpc) is 2.81. The van der Waals surface area contributed by atoms with E-state index in [-0.39, 0.29) is 24.2 Å². The van der Waals surface area contributed by atoms with Crippen molar-refractivity contribution in [2.75, 3.05) is 11.9 Å². The van der Waals surface area contributed by atoms with Gasteiger partial charge in [-0.05, 0) is 32.0 Å². The molecule has 0 bridgehead atoms. The summed E-state index contributed by atoms with van der Waals surface area (Å²) in [6.07, 6.45) is 1.99. The van der Waals surface area contributed by atoms with E-state index in [2.05, 4.69) is 24.3 Å². The molecule has 0 aliphatic heterocycles. The van der Waals surface area contributed by atoms with E-state index in [1.165, 1.54) is 0 Å². The first-order chi connectivity index (χ1) is 9.01. The standard InChI is InChI=1S/C14H20N4O.ClH/c1-9(2)18-8-11-6-12(4-5-13(11)17-18)16-14(19)10(3)7-15;/h4-6,8-10H,7,15H2,1-3H3,(H,16,19);1H. The number of nitrogens with one attached hydrogen (secondary N) is 1. The number of anilines is 1. The van der Waals surface area contributed by atoms with Crippen LogP contribution in [0.2, 0.25) is 0 Å². The van der Waals surface area contributed by atoms with Crippen molar-refractivity contribution in [2.45, 2.75) is 26.8 Å². The lowest BCUT2D eigenvalue weighted by atomic mass is 10.1. The van der Waals surface area contributed by atoms with E-state index in [0.29, 0.717) is 12.6 Å². The molecule has 0 fully saturated rings. The van der Waals surface area contributed by atoms with Crippen molar-refractivity contribution in [3.63, 3.8) is 0 Å². The zero-order valence-electron chi connectivity index (χ0n) is 12.0. The second kappa shape index (κ2) is 6.72. The summed E-state index contributed by atoms with van der Waals surface area (Å²) in [5.74, 6) is -0.243. The Hall–Kier alpha value is -1.59. The smallest absolute Gasteiger partial charge is 0.228 e. The molecule has 1 unspecified atom stereocenters. The van der Waals surface area contributed by atoms with Crippen molar-refractivity contribution in [2.24, 2.45) is 11.7 Å². The van der Waals surface area contributed by atoms with E-state index in [4.69, 9.17) is 5.73 Å². The van der Waals surface area contributed by atoms with Crippen molar-refractivity contribution < 1.29 is 4.79 Å². The SMILES string of the molecule is CC(CN)C(=O)Nc1ccc2nn(C(C)C)cc2c1.Cl. The maximum Gasteiger partial charge on any atom is 0.228 e. The normalized spacial score (nSPS) is 12.2. The lowest BCUT2D eigenvalue weighted by Crippen LogP contribution is -2.26. The van der Waals surface area contributed by atoms with Crippen LogP contribution >= 0.6 is 12.4 Å². The van der Waals surface area contributed by atoms with Gasteiger partial charge >= 0.3 is 0 Å². The van der Waals surface area contributed by atoms with Crippen molar-refractivity contribution in [1.29, 1.82) is 0 Å². The fraction of sp³-hybridized carbons (Fsp3) is 0.429. The van der Waals surface area contributed by atoms with Crippen LogP contribution in [0, 0.1) is 5.92 Å². The molecule has 0 saturated heterocycles. The van der Waals surface area contributed by atoms with E-state index in [1.807, 2.05) is 36.0 Å². The molecule has 1 aromatic carbocycles. The number of carbonyl (C=O) groups is 1. The first-order valence-electron chi connectivity index (χ1n) is 6.51. The van der Waals surface area contributed by atoms with Gasteiger partial charge in [0, 0.05) is 35.8 Å². The number of nitrogens with two attached hydrogens (primary N) is 1. The second-order valence-corrected chi connectivity index (χ2v) is 5.10. The maximum absolute atomic E-state index is 11.8. The summed E-state index contributed by atoms with van der Waals surface area (Å²) in [6.45, 7) is 6.32. The Morgan fingerprint density at radius 1 is 1.40 bits per heavy atom. The molecular weight excluding hydrogens is 276 g/mol. The molecule has 2 aromatic rings. The molecule has 2 rings (SSSR count). The van der Waals surface area contributed by atoms with Crippen molar-refractivity contribution in [3.8, 4) is 0 Å². The number of rotatable bonds is 4. The fourth-order valence-electron chi connectivity index (χ4n) is 1.76. The molecule has 0 saturated carbocycles. The largest absolute Gasteiger partial charge is 0.330 e. The number of nitrogens with zero attached hydrogens (tertiary/aromatic N) is 2. The summed E-state index contributed by atoms with van der Waals surface area (Å²) < 4.78 is 1.92. The highest BCUT2D eigenvalue weighted by Crippen LogP contribution is 2.20. The molecule has 0 aliphatic rings. The topological polar surface area (TPSA) is 72.9 Å². The molecular formula is C14H21ClN4O. The van der Waals surface area contributed by atoms with Gasteiger partial charge in [-0.1, -0.05) is 6.92 Å². The highest BCUT2D eigenvalue weighted by atomic mass is 35.5. The van der Waals surface area contributed by atoms with Crippen LogP contribution in [-0.4, -0.2) is 22.2 Å². The molecule has 20 heavy (non-hydrogen) atoms. The Bertz CT molecular complexity index is 594. The van der Waals surface area contributed by atoms with Crippen LogP contribution in [0.5, 0.6) is 0 Å². The van der Waals surface area contributed by atoms with Gasteiger partial charge in [-0.2, -0.15) is 5.10 Å². The summed E-state index contributed by atoms with van der Waals surface area (Å²) in [5, 5.41) is 8.36. The first kappa shape index (κ1) is 16.5. The summed E-state index contributed by atoms with van der Waals surface area (Å²) in [4.78, 5) is 11.8. The van der Waals surface area contributed by atoms with Gasteiger partial charge in [0.1, 0.15) is 0 Å². The predicted octanol–water partition coefficient (Wildman–Crippen LogP) is 2.57. The minimum absolute atomic E-state index is 0. The number of fused-ring (bicyclic) bond motifs is 1. The average molecular weight is 297 g/mol. The highest BCUT2D eigenvalue weighted by molar-refractivity contribution is 5.94. The fourth-order valence-corrected chi connectivity index (χ4v) is 1.76. The number of aromatic nitrogens is 2. The summed E-state index contributed by atoms with van der Waals surface area (Å²) in [6, 6.07) is 6.03. The third-order valence-corrected chi connectivity index (χ3v) is 3.12. The third kappa shape index (κ3) is 3.49. The van der Waals surface area contributed by atoms with Crippen molar-refractivity contribution in [1.82, 2.24) is 9.78 Å².